The van der Waals surface area contributed by atoms with Crippen LogP contribution in [0.25, 0.3) is 0 Å². The largest absolute Gasteiger partial charge is 0.464 e. The maximum absolute atomic E-state index is 11.9. The molecule has 102 valence electrons. The van der Waals surface area contributed by atoms with Gasteiger partial charge in [0.15, 0.2) is 0 Å². The van der Waals surface area contributed by atoms with E-state index >= 15 is 0 Å². The molecule has 0 saturated carbocycles. The number of carbonyl (C=O) groups is 2. The van der Waals surface area contributed by atoms with Crippen molar-refractivity contribution in [2.24, 2.45) is 0 Å². The number of halogens is 2. The molecule has 2 atom stereocenters. The van der Waals surface area contributed by atoms with Crippen molar-refractivity contribution in [3.05, 3.63) is 33.8 Å². The second kappa shape index (κ2) is 5.80. The Bertz CT molecular complexity index is 519. The molecule has 0 aromatic heterocycles. The molecular formula is C13H13Cl2NO3. The van der Waals surface area contributed by atoms with Crippen molar-refractivity contribution in [3.63, 3.8) is 0 Å². The molecule has 1 aromatic carbocycles. The van der Waals surface area contributed by atoms with Crippen LogP contribution < -0.4 is 5.32 Å². The van der Waals surface area contributed by atoms with Crippen LogP contribution in [0.1, 0.15) is 24.8 Å². The van der Waals surface area contributed by atoms with Crippen molar-refractivity contribution in [3.8, 4) is 0 Å². The monoisotopic (exact) mass is 301 g/mol. The highest BCUT2D eigenvalue weighted by Gasteiger charge is 2.40. The van der Waals surface area contributed by atoms with Crippen molar-refractivity contribution in [2.45, 2.75) is 25.3 Å². The summed E-state index contributed by atoms with van der Waals surface area (Å²) in [6, 6.07) is 4.30. The summed E-state index contributed by atoms with van der Waals surface area (Å²) in [5, 5.41) is 3.62. The van der Waals surface area contributed by atoms with E-state index in [-0.39, 0.29) is 24.9 Å². The standard InChI is InChI=1S/C13H13Cl2NO3/c1-2-19-13(18)12-9(6-11(17)16-12)8-5-7(14)3-4-10(8)15/h3-5,9,12H,2,6H2,1H3,(H,16,17). The summed E-state index contributed by atoms with van der Waals surface area (Å²) in [5.41, 5.74) is 0.686. The number of amides is 1. The Labute approximate surface area is 121 Å². The van der Waals surface area contributed by atoms with E-state index in [0.29, 0.717) is 15.6 Å². The summed E-state index contributed by atoms with van der Waals surface area (Å²) >= 11 is 12.1. The molecule has 19 heavy (non-hydrogen) atoms. The van der Waals surface area contributed by atoms with Crippen LogP contribution in [0.2, 0.25) is 10.0 Å². The molecule has 0 radical (unpaired) electrons. The lowest BCUT2D eigenvalue weighted by Crippen LogP contribution is -2.37. The minimum absolute atomic E-state index is 0.195. The van der Waals surface area contributed by atoms with Crippen LogP contribution in [-0.2, 0) is 14.3 Å². The van der Waals surface area contributed by atoms with Crippen LogP contribution in [0.3, 0.4) is 0 Å². The van der Waals surface area contributed by atoms with E-state index in [1.807, 2.05) is 0 Å². The lowest BCUT2D eigenvalue weighted by molar-refractivity contribution is -0.146. The smallest absolute Gasteiger partial charge is 0.329 e. The average Bonchev–Trinajstić information content (AvgIpc) is 2.75. The summed E-state index contributed by atoms with van der Waals surface area (Å²) in [7, 11) is 0. The minimum Gasteiger partial charge on any atom is -0.464 e. The molecule has 1 N–H and O–H groups in total. The zero-order valence-corrected chi connectivity index (χ0v) is 11.8. The normalized spacial score (nSPS) is 22.2. The van der Waals surface area contributed by atoms with Gasteiger partial charge in [-0.2, -0.15) is 0 Å². The third-order valence-corrected chi connectivity index (χ3v) is 3.60. The van der Waals surface area contributed by atoms with Gasteiger partial charge in [0.2, 0.25) is 5.91 Å². The first kappa shape index (κ1) is 14.2. The number of hydrogen-bond donors (Lipinski definition) is 1. The Morgan fingerprint density at radius 2 is 2.21 bits per heavy atom. The van der Waals surface area contributed by atoms with Crippen LogP contribution in [0, 0.1) is 0 Å². The van der Waals surface area contributed by atoms with Gasteiger partial charge in [-0.25, -0.2) is 4.79 Å². The second-order valence-corrected chi connectivity index (χ2v) is 5.12. The molecule has 1 heterocycles. The van der Waals surface area contributed by atoms with Crippen molar-refractivity contribution >= 4 is 35.1 Å². The summed E-state index contributed by atoms with van der Waals surface area (Å²) in [6.07, 6.45) is 0.198. The van der Waals surface area contributed by atoms with Gasteiger partial charge < -0.3 is 10.1 Å². The Hall–Kier alpha value is -1.26. The van der Waals surface area contributed by atoms with E-state index in [1.165, 1.54) is 0 Å². The molecule has 6 heteroatoms. The number of ether oxygens (including phenoxy) is 1. The number of benzene rings is 1. The summed E-state index contributed by atoms with van der Waals surface area (Å²) in [5.74, 6) is -0.994. The Morgan fingerprint density at radius 3 is 2.89 bits per heavy atom. The van der Waals surface area contributed by atoms with Gasteiger partial charge in [-0.05, 0) is 30.7 Å². The third-order valence-electron chi connectivity index (χ3n) is 3.02. The fourth-order valence-corrected chi connectivity index (χ4v) is 2.63. The van der Waals surface area contributed by atoms with E-state index in [0.717, 1.165) is 0 Å². The van der Waals surface area contributed by atoms with Crippen LogP contribution in [0.5, 0.6) is 0 Å². The van der Waals surface area contributed by atoms with Crippen molar-refractivity contribution in [1.29, 1.82) is 0 Å². The molecule has 1 fully saturated rings. The molecule has 1 saturated heterocycles. The number of nitrogens with one attached hydrogen (secondary N) is 1. The highest BCUT2D eigenvalue weighted by atomic mass is 35.5. The molecular weight excluding hydrogens is 289 g/mol. The zero-order chi connectivity index (χ0) is 14.0. The first-order chi connectivity index (χ1) is 9.02. The SMILES string of the molecule is CCOC(=O)C1NC(=O)CC1c1cc(Cl)ccc1Cl. The Balaban J connectivity index is 2.33. The van der Waals surface area contributed by atoms with Crippen molar-refractivity contribution in [2.75, 3.05) is 6.61 Å². The summed E-state index contributed by atoms with van der Waals surface area (Å²) in [6.45, 7) is 1.98. The lowest BCUT2D eigenvalue weighted by atomic mass is 9.92. The molecule has 1 aliphatic heterocycles. The molecule has 2 unspecified atom stereocenters. The lowest BCUT2D eigenvalue weighted by Gasteiger charge is -2.18. The predicted molar refractivity (Wildman–Crippen MR) is 72.4 cm³/mol. The van der Waals surface area contributed by atoms with Gasteiger partial charge in [0.05, 0.1) is 6.61 Å². The van der Waals surface area contributed by atoms with Gasteiger partial charge in [-0.15, -0.1) is 0 Å². The van der Waals surface area contributed by atoms with E-state index in [2.05, 4.69) is 5.32 Å². The average molecular weight is 302 g/mol. The molecule has 0 bridgehead atoms. The Morgan fingerprint density at radius 1 is 1.47 bits per heavy atom. The van der Waals surface area contributed by atoms with Crippen LogP contribution in [-0.4, -0.2) is 24.5 Å². The van der Waals surface area contributed by atoms with Crippen molar-refractivity contribution < 1.29 is 14.3 Å². The molecule has 1 aromatic rings. The van der Waals surface area contributed by atoms with Crippen molar-refractivity contribution in [1.82, 2.24) is 5.32 Å². The second-order valence-electron chi connectivity index (χ2n) is 4.27. The van der Waals surface area contributed by atoms with Gasteiger partial charge >= 0.3 is 5.97 Å². The van der Waals surface area contributed by atoms with E-state index < -0.39 is 12.0 Å². The predicted octanol–water partition coefficient (Wildman–Crippen LogP) is 2.53. The summed E-state index contributed by atoms with van der Waals surface area (Å²) < 4.78 is 4.97. The van der Waals surface area contributed by atoms with Crippen LogP contribution >= 0.6 is 23.2 Å². The number of rotatable bonds is 3. The Kier molecular flexibility index (Phi) is 4.32. The number of hydrogen-bond acceptors (Lipinski definition) is 3. The maximum Gasteiger partial charge on any atom is 0.329 e. The van der Waals surface area contributed by atoms with Gasteiger partial charge in [0.1, 0.15) is 6.04 Å². The first-order valence-corrected chi connectivity index (χ1v) is 6.69. The minimum atomic E-state index is -0.705. The molecule has 0 aliphatic carbocycles. The van der Waals surface area contributed by atoms with Gasteiger partial charge in [-0.1, -0.05) is 23.2 Å². The molecule has 0 spiro atoms. The fraction of sp³-hybridized carbons (Fsp3) is 0.385. The first-order valence-electron chi connectivity index (χ1n) is 5.94. The topological polar surface area (TPSA) is 55.4 Å². The molecule has 2 rings (SSSR count). The molecule has 1 aliphatic rings. The van der Waals surface area contributed by atoms with E-state index in [9.17, 15) is 9.59 Å². The number of esters is 1. The highest BCUT2D eigenvalue weighted by Crippen LogP contribution is 2.35. The fourth-order valence-electron chi connectivity index (χ4n) is 2.19. The van der Waals surface area contributed by atoms with Crippen LogP contribution in [0.4, 0.5) is 0 Å². The van der Waals surface area contributed by atoms with E-state index in [4.69, 9.17) is 27.9 Å². The molecule has 4 nitrogen and oxygen atoms in total. The molecule has 1 amide bonds. The highest BCUT2D eigenvalue weighted by molar-refractivity contribution is 6.33. The van der Waals surface area contributed by atoms with Gasteiger partial charge in [0.25, 0.3) is 0 Å². The van der Waals surface area contributed by atoms with Gasteiger partial charge in [0, 0.05) is 22.4 Å². The zero-order valence-electron chi connectivity index (χ0n) is 10.3. The third kappa shape index (κ3) is 3.01. The van der Waals surface area contributed by atoms with Crippen LogP contribution in [0.15, 0.2) is 18.2 Å². The summed E-state index contributed by atoms with van der Waals surface area (Å²) in [4.78, 5) is 23.4. The number of carbonyl (C=O) groups excluding carboxylic acids is 2. The van der Waals surface area contributed by atoms with Gasteiger partial charge in [-0.3, -0.25) is 4.79 Å². The maximum atomic E-state index is 11.9. The van der Waals surface area contributed by atoms with E-state index in [1.54, 1.807) is 25.1 Å². The quantitative estimate of drug-likeness (QED) is 0.873.